The van der Waals surface area contributed by atoms with Crippen molar-refractivity contribution in [2.75, 3.05) is 18.0 Å². The molecule has 2 saturated carbocycles. The Bertz CT molecular complexity index is 1490. The summed E-state index contributed by atoms with van der Waals surface area (Å²) in [5.41, 5.74) is -1.30. The number of ether oxygens (including phenoxy) is 2. The highest BCUT2D eigenvalue weighted by Crippen LogP contribution is 2.45. The predicted octanol–water partition coefficient (Wildman–Crippen LogP) is 6.08. The van der Waals surface area contributed by atoms with Crippen molar-refractivity contribution < 1.29 is 27.5 Å². The Morgan fingerprint density at radius 3 is 2.34 bits per heavy atom. The number of nitrogens with one attached hydrogen (secondary N) is 2. The van der Waals surface area contributed by atoms with E-state index < -0.39 is 38.8 Å². The summed E-state index contributed by atoms with van der Waals surface area (Å²) in [7, 11) is -4.27. The number of carbonyl (C=O) groups excluding carboxylic acids is 2. The second-order valence-corrected chi connectivity index (χ2v) is 15.6. The summed E-state index contributed by atoms with van der Waals surface area (Å²) in [4.78, 5) is 32.1. The van der Waals surface area contributed by atoms with E-state index in [0.717, 1.165) is 31.2 Å². The maximum atomic E-state index is 13.4. The number of anilines is 1. The topological polar surface area (TPSA) is 127 Å². The van der Waals surface area contributed by atoms with E-state index >= 15 is 0 Å². The molecule has 1 saturated heterocycles. The minimum absolute atomic E-state index is 0.245. The lowest BCUT2D eigenvalue weighted by molar-refractivity contribution is -0.128. The maximum absolute atomic E-state index is 13.4. The summed E-state index contributed by atoms with van der Waals surface area (Å²) < 4.78 is 40.6. The van der Waals surface area contributed by atoms with Crippen LogP contribution in [-0.2, 0) is 19.6 Å². The molecule has 1 aliphatic heterocycles. The van der Waals surface area contributed by atoms with E-state index in [9.17, 15) is 18.0 Å². The molecule has 2 heterocycles. The average Bonchev–Trinajstić information content (AvgIpc) is 3.73. The lowest BCUT2D eigenvalue weighted by Gasteiger charge is -2.40. The van der Waals surface area contributed by atoms with Crippen LogP contribution in [0.5, 0.6) is 5.75 Å². The van der Waals surface area contributed by atoms with Gasteiger partial charge in [-0.1, -0.05) is 43.0 Å². The summed E-state index contributed by atoms with van der Waals surface area (Å²) in [6.45, 7) is 8.52. The van der Waals surface area contributed by atoms with Crippen LogP contribution in [-0.4, -0.2) is 55.2 Å². The normalized spacial score (nSPS) is 20.0. The molecule has 2 amide bonds. The Hall–Kier alpha value is -3.05. The van der Waals surface area contributed by atoms with Crippen LogP contribution in [0.2, 0.25) is 5.02 Å². The van der Waals surface area contributed by atoms with Crippen LogP contribution in [0.15, 0.2) is 41.4 Å². The first-order valence-corrected chi connectivity index (χ1v) is 17.3. The third-order valence-corrected chi connectivity index (χ3v) is 10.1. The highest BCUT2D eigenvalue weighted by atomic mass is 35.5. The minimum atomic E-state index is -4.27. The Kier molecular flexibility index (Phi) is 9.11. The lowest BCUT2D eigenvalue weighted by Crippen LogP contribution is -2.54. The second-order valence-electron chi connectivity index (χ2n) is 13.6. The molecule has 240 valence electrons. The molecule has 3 fully saturated rings. The van der Waals surface area contributed by atoms with Gasteiger partial charge < -0.3 is 19.7 Å². The number of carbonyl (C=O) groups is 2. The van der Waals surface area contributed by atoms with Crippen molar-refractivity contribution in [3.8, 4) is 5.75 Å². The van der Waals surface area contributed by atoms with E-state index in [-0.39, 0.29) is 5.03 Å². The van der Waals surface area contributed by atoms with E-state index in [1.807, 2.05) is 44.7 Å². The molecule has 44 heavy (non-hydrogen) atoms. The smallest absolute Gasteiger partial charge is 0.408 e. The van der Waals surface area contributed by atoms with Gasteiger partial charge in [-0.15, -0.1) is 0 Å². The molecule has 0 radical (unpaired) electrons. The van der Waals surface area contributed by atoms with Crippen molar-refractivity contribution in [2.24, 2.45) is 0 Å². The zero-order valence-corrected chi connectivity index (χ0v) is 27.5. The standard InChI is InChI=1S/C32H43ClN4O6S/c1-30(2,3)43-29(39)35-31(4)17-19-37(20-18-31)26-11-8-12-27(34-26)44(40,41)36-28(38)32(15-16-32)42-25-21-23(33)13-14-24(25)22-9-6-5-7-10-22/h8,11-14,21-22H,5-7,9-10,15-20H2,1-4H3,(H,35,39)(H,36,38). The highest BCUT2D eigenvalue weighted by molar-refractivity contribution is 7.90. The van der Waals surface area contributed by atoms with Gasteiger partial charge in [0.1, 0.15) is 17.2 Å². The number of hydrogen-bond acceptors (Lipinski definition) is 8. The first-order chi connectivity index (χ1) is 20.7. The third-order valence-electron chi connectivity index (χ3n) is 8.65. The number of piperidine rings is 1. The van der Waals surface area contributed by atoms with Crippen molar-refractivity contribution in [1.82, 2.24) is 15.0 Å². The molecule has 1 aromatic heterocycles. The lowest BCUT2D eigenvalue weighted by atomic mass is 9.83. The molecule has 12 heteroatoms. The molecule has 2 aliphatic carbocycles. The fourth-order valence-electron chi connectivity index (χ4n) is 5.95. The number of halogens is 1. The number of nitrogens with zero attached hydrogens (tertiary/aromatic N) is 2. The fraction of sp³-hybridized carbons (Fsp3) is 0.594. The zero-order valence-electron chi connectivity index (χ0n) is 25.9. The number of amides is 2. The van der Waals surface area contributed by atoms with E-state index in [1.54, 1.807) is 18.2 Å². The van der Waals surface area contributed by atoms with Crippen molar-refractivity contribution in [2.45, 2.75) is 113 Å². The molecule has 1 aromatic carbocycles. The van der Waals surface area contributed by atoms with Crippen molar-refractivity contribution in [3.05, 3.63) is 47.0 Å². The van der Waals surface area contributed by atoms with E-state index in [1.165, 1.54) is 12.5 Å². The Morgan fingerprint density at radius 2 is 1.70 bits per heavy atom. The summed E-state index contributed by atoms with van der Waals surface area (Å²) >= 11 is 6.30. The van der Waals surface area contributed by atoms with Gasteiger partial charge in [0.25, 0.3) is 15.9 Å². The van der Waals surface area contributed by atoms with Gasteiger partial charge >= 0.3 is 6.09 Å². The molecule has 10 nitrogen and oxygen atoms in total. The average molecular weight is 647 g/mol. The highest BCUT2D eigenvalue weighted by Gasteiger charge is 2.54. The van der Waals surface area contributed by atoms with Gasteiger partial charge in [0.2, 0.25) is 0 Å². The molecule has 2 aromatic rings. The second kappa shape index (κ2) is 12.4. The Morgan fingerprint density at radius 1 is 1.02 bits per heavy atom. The van der Waals surface area contributed by atoms with Crippen molar-refractivity contribution >= 4 is 39.4 Å². The van der Waals surface area contributed by atoms with Crippen LogP contribution in [0, 0.1) is 0 Å². The summed E-state index contributed by atoms with van der Waals surface area (Å²) in [6.07, 6.45) is 7.17. The molecule has 3 aliphatic rings. The largest absolute Gasteiger partial charge is 0.477 e. The molecule has 2 N–H and O–H groups in total. The van der Waals surface area contributed by atoms with Crippen LogP contribution in [0.4, 0.5) is 10.6 Å². The maximum Gasteiger partial charge on any atom is 0.408 e. The molecule has 5 rings (SSSR count). The molecule has 0 atom stereocenters. The fourth-order valence-corrected chi connectivity index (χ4v) is 7.12. The molecule has 0 spiro atoms. The number of sulfonamides is 1. The quantitative estimate of drug-likeness (QED) is 0.353. The zero-order chi connectivity index (χ0) is 31.8. The van der Waals surface area contributed by atoms with Crippen LogP contribution in [0.25, 0.3) is 0 Å². The van der Waals surface area contributed by atoms with Gasteiger partial charge in [-0.25, -0.2) is 14.5 Å². The van der Waals surface area contributed by atoms with Gasteiger partial charge in [0.05, 0.1) is 0 Å². The van der Waals surface area contributed by atoms with Gasteiger partial charge in [-0.2, -0.15) is 8.42 Å². The van der Waals surface area contributed by atoms with Crippen molar-refractivity contribution in [1.29, 1.82) is 0 Å². The molecular formula is C32H43ClN4O6S. The number of benzene rings is 1. The number of alkyl carbamates (subject to hydrolysis) is 1. The Balaban J connectivity index is 1.24. The van der Waals surface area contributed by atoms with Crippen LogP contribution in [0.1, 0.15) is 97.0 Å². The number of aromatic nitrogens is 1. The monoisotopic (exact) mass is 646 g/mol. The Labute approximate surface area is 265 Å². The first kappa shape index (κ1) is 32.3. The summed E-state index contributed by atoms with van der Waals surface area (Å²) in [6, 6.07) is 10.2. The minimum Gasteiger partial charge on any atom is -0.477 e. The number of pyridine rings is 1. The van der Waals surface area contributed by atoms with E-state index in [0.29, 0.717) is 61.3 Å². The van der Waals surface area contributed by atoms with E-state index in [2.05, 4.69) is 15.0 Å². The van der Waals surface area contributed by atoms with Crippen LogP contribution in [0.3, 0.4) is 0 Å². The third kappa shape index (κ3) is 7.77. The first-order valence-electron chi connectivity index (χ1n) is 15.5. The van der Waals surface area contributed by atoms with Crippen molar-refractivity contribution in [3.63, 3.8) is 0 Å². The van der Waals surface area contributed by atoms with E-state index in [4.69, 9.17) is 21.1 Å². The SMILES string of the molecule is CC1(NC(=O)OC(C)(C)C)CCN(c2cccc(S(=O)(=O)NC(=O)C3(Oc4cc(Cl)ccc4C4CCCCC4)CC3)n2)CC1. The van der Waals surface area contributed by atoms with Gasteiger partial charge in [-0.3, -0.25) is 4.79 Å². The van der Waals surface area contributed by atoms with Gasteiger partial charge in [0.15, 0.2) is 10.6 Å². The number of hydrogen-bond donors (Lipinski definition) is 2. The van der Waals surface area contributed by atoms with Gasteiger partial charge in [-0.05, 0) is 89.1 Å². The van der Waals surface area contributed by atoms with Gasteiger partial charge in [0, 0.05) is 36.5 Å². The molecular weight excluding hydrogens is 604 g/mol. The molecule has 0 bridgehead atoms. The summed E-state index contributed by atoms with van der Waals surface area (Å²) in [5, 5.41) is 3.23. The van der Waals surface area contributed by atoms with Crippen LogP contribution >= 0.6 is 11.6 Å². The predicted molar refractivity (Wildman–Crippen MR) is 169 cm³/mol. The summed E-state index contributed by atoms with van der Waals surface area (Å²) in [5.74, 6) is 0.647. The van der Waals surface area contributed by atoms with Crippen LogP contribution < -0.4 is 19.7 Å². The molecule has 0 unspecified atom stereocenters. The number of rotatable bonds is 8.